The molecule has 0 aliphatic rings. The number of nitrogens with zero attached hydrogens (tertiary/aromatic N) is 1. The molecule has 0 aliphatic heterocycles. The van der Waals surface area contributed by atoms with Crippen LogP contribution in [-0.4, -0.2) is 55.6 Å². The Morgan fingerprint density at radius 3 is 1.68 bits per heavy atom. The Morgan fingerprint density at radius 2 is 1.32 bits per heavy atom. The van der Waals surface area contributed by atoms with Gasteiger partial charge in [-0.2, -0.15) is 0 Å². The highest BCUT2D eigenvalue weighted by atomic mass is 16.6. The molecule has 0 saturated heterocycles. The van der Waals surface area contributed by atoms with Gasteiger partial charge in [-0.15, -0.1) is 0 Å². The molecule has 0 rings (SSSR count). The summed E-state index contributed by atoms with van der Waals surface area (Å²) in [5.74, 6) is 4.77. The van der Waals surface area contributed by atoms with Gasteiger partial charge >= 0.3 is 0 Å². The summed E-state index contributed by atoms with van der Waals surface area (Å²) in [7, 11) is 6.77. The molecule has 0 aliphatic carbocycles. The number of hydrogen-bond donors (Lipinski definition) is 1. The van der Waals surface area contributed by atoms with Crippen LogP contribution < -0.4 is 5.90 Å². The monoisotopic (exact) mass is 276 g/mol. The van der Waals surface area contributed by atoms with Gasteiger partial charge in [0, 0.05) is 0 Å². The summed E-state index contributed by atoms with van der Waals surface area (Å²) in [5, 5.41) is 0. The maximum absolute atomic E-state index is 4.77. The third kappa shape index (κ3) is 38.1. The van der Waals surface area contributed by atoms with E-state index >= 15 is 0 Å². The average molecular weight is 276 g/mol. The van der Waals surface area contributed by atoms with Gasteiger partial charge in [0.15, 0.2) is 0 Å². The summed E-state index contributed by atoms with van der Waals surface area (Å²) in [6.07, 6.45) is 9.08. The zero-order valence-electron chi connectivity index (χ0n) is 12.8. The quantitative estimate of drug-likeness (QED) is 0.291. The second-order valence-electron chi connectivity index (χ2n) is 5.65. The Morgan fingerprint density at radius 1 is 0.842 bits per heavy atom. The second-order valence-corrected chi connectivity index (χ2v) is 5.65. The van der Waals surface area contributed by atoms with E-state index in [1.54, 1.807) is 0 Å². The molecule has 2 N–H and O–H groups in total. The molecule has 0 unspecified atom stereocenters. The van der Waals surface area contributed by atoms with Crippen LogP contribution in [0, 0.1) is 0 Å². The first kappa shape index (κ1) is 27.4. The molecule has 0 bridgehead atoms. The molecule has 0 aromatic heterocycles. The standard InChI is InChI=1S/C9H22N.C5H13NO.BH4.BH3/c1-5-6-7-8-9-10(2,3)4;1-2-3-4-5-7-6;;/h5-9H2,1-4H3;2-6H2,1H3;1H4;1H3/q+1;;-1;. The highest BCUT2D eigenvalue weighted by Crippen LogP contribution is 2.02. The first-order valence-corrected chi connectivity index (χ1v) is 7.10. The third-order valence-corrected chi connectivity index (χ3v) is 2.55. The van der Waals surface area contributed by atoms with E-state index in [9.17, 15) is 0 Å². The Balaban J connectivity index is -0.000000112. The SMILES string of the molecule is B.CCCCCC[N+](C)(C)C.CCCCCON.[BH4-]. The maximum Gasteiger partial charge on any atom is 0.0814 e. The maximum atomic E-state index is 4.77. The molecule has 120 valence electrons. The Hall–Kier alpha value is 0.00987. The molecule has 19 heavy (non-hydrogen) atoms. The number of quaternary nitrogens is 1. The lowest BCUT2D eigenvalue weighted by Crippen LogP contribution is -2.35. The van der Waals surface area contributed by atoms with Crippen LogP contribution in [0.15, 0.2) is 0 Å². The van der Waals surface area contributed by atoms with Crippen LogP contribution in [0.4, 0.5) is 0 Å². The van der Waals surface area contributed by atoms with E-state index in [2.05, 4.69) is 39.8 Å². The molecule has 5 heteroatoms. The van der Waals surface area contributed by atoms with Crippen LogP contribution in [0.2, 0.25) is 0 Å². The van der Waals surface area contributed by atoms with Crippen LogP contribution in [0.1, 0.15) is 58.8 Å². The topological polar surface area (TPSA) is 35.2 Å². The molecule has 0 fully saturated rings. The van der Waals surface area contributed by atoms with Crippen LogP contribution in [-0.2, 0) is 4.84 Å². The summed E-state index contributed by atoms with van der Waals surface area (Å²) >= 11 is 0. The van der Waals surface area contributed by atoms with E-state index < -0.39 is 0 Å². The van der Waals surface area contributed by atoms with Crippen molar-refractivity contribution in [2.45, 2.75) is 58.8 Å². The predicted octanol–water partition coefficient (Wildman–Crippen LogP) is 0.704. The molecule has 0 spiro atoms. The van der Waals surface area contributed by atoms with Crippen molar-refractivity contribution in [2.24, 2.45) is 5.90 Å². The van der Waals surface area contributed by atoms with E-state index in [0.717, 1.165) is 10.9 Å². The van der Waals surface area contributed by atoms with Crippen molar-refractivity contribution in [3.63, 3.8) is 0 Å². The first-order valence-electron chi connectivity index (χ1n) is 7.10. The van der Waals surface area contributed by atoms with Crippen LogP contribution in [0.25, 0.3) is 0 Å². The molecule has 0 heterocycles. The molecular weight excluding hydrogens is 234 g/mol. The average Bonchev–Trinajstić information content (AvgIpc) is 2.25. The number of unbranched alkanes of at least 4 members (excludes halogenated alkanes) is 5. The molecule has 0 radical (unpaired) electrons. The summed E-state index contributed by atoms with van der Waals surface area (Å²) in [6, 6.07) is 0. The van der Waals surface area contributed by atoms with Gasteiger partial charge in [-0.05, 0) is 19.3 Å². The minimum Gasteiger partial charge on any atom is -0.331 e. The summed E-state index contributed by atoms with van der Waals surface area (Å²) in [5.41, 5.74) is 0. The minimum atomic E-state index is 0. The largest absolute Gasteiger partial charge is 0.331 e. The molecule has 0 amide bonds. The molecule has 0 aromatic carbocycles. The minimum absolute atomic E-state index is 0. The third-order valence-electron chi connectivity index (χ3n) is 2.55. The first-order chi connectivity index (χ1) is 7.97. The van der Waals surface area contributed by atoms with E-state index in [4.69, 9.17) is 5.90 Å². The van der Waals surface area contributed by atoms with Crippen molar-refractivity contribution >= 4 is 16.8 Å². The summed E-state index contributed by atoms with van der Waals surface area (Å²) < 4.78 is 1.11. The molecule has 0 aromatic rings. The fraction of sp³-hybridized carbons (Fsp3) is 1.00. The second kappa shape index (κ2) is 20.3. The van der Waals surface area contributed by atoms with Crippen LogP contribution >= 0.6 is 0 Å². The Bertz CT molecular complexity index is 138. The fourth-order valence-corrected chi connectivity index (χ4v) is 1.45. The smallest absolute Gasteiger partial charge is 0.0814 e. The molecule has 0 saturated carbocycles. The number of hydrogen-bond acceptors (Lipinski definition) is 2. The van der Waals surface area contributed by atoms with Gasteiger partial charge in [0.2, 0.25) is 0 Å². The summed E-state index contributed by atoms with van der Waals surface area (Å²) in [6.45, 7) is 6.43. The lowest BCUT2D eigenvalue weighted by molar-refractivity contribution is -0.870. The lowest BCUT2D eigenvalue weighted by atomic mass is 10.2. The van der Waals surface area contributed by atoms with Gasteiger partial charge in [0.1, 0.15) is 0 Å². The van der Waals surface area contributed by atoms with Crippen molar-refractivity contribution in [3.05, 3.63) is 0 Å². The van der Waals surface area contributed by atoms with Crippen LogP contribution in [0.3, 0.4) is 0 Å². The van der Waals surface area contributed by atoms with E-state index in [1.807, 2.05) is 0 Å². The van der Waals surface area contributed by atoms with Gasteiger partial charge in [0.25, 0.3) is 0 Å². The van der Waals surface area contributed by atoms with Gasteiger partial charge in [-0.25, -0.2) is 5.90 Å². The highest BCUT2D eigenvalue weighted by molar-refractivity contribution is 5.76. The number of rotatable bonds is 9. The van der Waals surface area contributed by atoms with Crippen molar-refractivity contribution in [3.8, 4) is 0 Å². The van der Waals surface area contributed by atoms with Crippen LogP contribution in [0.5, 0.6) is 0 Å². The van der Waals surface area contributed by atoms with Gasteiger partial charge in [-0.3, -0.25) is 0 Å². The normalized spacial score (nSPS) is 9.79. The Kier molecular flexibility index (Phi) is 29.3. The van der Waals surface area contributed by atoms with Crippen molar-refractivity contribution in [1.82, 2.24) is 0 Å². The van der Waals surface area contributed by atoms with Gasteiger partial charge in [0.05, 0.1) is 42.7 Å². The molecular formula is C14H42B2N2O. The summed E-state index contributed by atoms with van der Waals surface area (Å²) in [4.78, 5) is 4.34. The predicted molar refractivity (Wildman–Crippen MR) is 98.0 cm³/mol. The van der Waals surface area contributed by atoms with Gasteiger partial charge in [-0.1, -0.05) is 47.9 Å². The highest BCUT2D eigenvalue weighted by Gasteiger charge is 2.04. The fourth-order valence-electron chi connectivity index (χ4n) is 1.45. The van der Waals surface area contributed by atoms with Crippen molar-refractivity contribution in [2.75, 3.05) is 34.3 Å². The Labute approximate surface area is 126 Å². The van der Waals surface area contributed by atoms with E-state index in [1.165, 1.54) is 45.1 Å². The molecule has 0 atom stereocenters. The van der Waals surface area contributed by atoms with E-state index in [0.29, 0.717) is 6.61 Å². The lowest BCUT2D eigenvalue weighted by Gasteiger charge is -2.23. The van der Waals surface area contributed by atoms with E-state index in [-0.39, 0.29) is 16.8 Å². The zero-order chi connectivity index (χ0) is 13.6. The molecule has 3 nitrogen and oxygen atoms in total. The van der Waals surface area contributed by atoms with Crippen molar-refractivity contribution < 1.29 is 9.32 Å². The zero-order valence-corrected chi connectivity index (χ0v) is 12.8. The van der Waals surface area contributed by atoms with Crippen molar-refractivity contribution in [1.29, 1.82) is 0 Å². The number of nitrogens with two attached hydrogens (primary N) is 1. The van der Waals surface area contributed by atoms with Gasteiger partial charge < -0.3 is 9.32 Å².